The first-order valence-electron chi connectivity index (χ1n) is 6.46. The number of hydrogen-bond acceptors (Lipinski definition) is 5. The van der Waals surface area contributed by atoms with E-state index in [0.717, 1.165) is 5.01 Å². The highest BCUT2D eigenvalue weighted by Gasteiger charge is 2.22. The highest BCUT2D eigenvalue weighted by molar-refractivity contribution is 7.89. The number of nitrogens with zero attached hydrogens (tertiary/aromatic N) is 1. The normalized spacial score (nSPS) is 13.0. The standard InChI is InChI=1S/C14H16N2O3S2/c1-3-13(14-15-7-8-20-14)16-21(18,19)12-6-4-5-11(9-12)10(2)17/h4-9,13,16H,3H2,1-2H3. The van der Waals surface area contributed by atoms with E-state index in [2.05, 4.69) is 9.71 Å². The van der Waals surface area contributed by atoms with Gasteiger partial charge in [0.15, 0.2) is 5.78 Å². The molecule has 1 heterocycles. The van der Waals surface area contributed by atoms with Crippen molar-refractivity contribution in [1.82, 2.24) is 9.71 Å². The van der Waals surface area contributed by atoms with Crippen LogP contribution in [-0.4, -0.2) is 19.2 Å². The molecule has 0 spiro atoms. The largest absolute Gasteiger partial charge is 0.295 e. The summed E-state index contributed by atoms with van der Waals surface area (Å²) in [5, 5.41) is 2.53. The minimum Gasteiger partial charge on any atom is -0.295 e. The number of benzene rings is 1. The summed E-state index contributed by atoms with van der Waals surface area (Å²) in [5.41, 5.74) is 0.375. The van der Waals surface area contributed by atoms with Crippen molar-refractivity contribution in [2.75, 3.05) is 0 Å². The fraction of sp³-hybridized carbons (Fsp3) is 0.286. The van der Waals surface area contributed by atoms with Crippen LogP contribution in [0.1, 0.15) is 41.7 Å². The van der Waals surface area contributed by atoms with Gasteiger partial charge in [0.25, 0.3) is 0 Å². The number of Topliss-reactive ketones (excluding diaryl/α,β-unsaturated/α-hetero) is 1. The Morgan fingerprint density at radius 3 is 2.76 bits per heavy atom. The molecule has 1 unspecified atom stereocenters. The molecule has 0 radical (unpaired) electrons. The maximum Gasteiger partial charge on any atom is 0.241 e. The Balaban J connectivity index is 2.29. The molecule has 2 aromatic rings. The second-order valence-corrected chi connectivity index (χ2v) is 7.18. The summed E-state index contributed by atoms with van der Waals surface area (Å²) in [6, 6.07) is 5.66. The van der Waals surface area contributed by atoms with Gasteiger partial charge in [-0.1, -0.05) is 19.1 Å². The van der Waals surface area contributed by atoms with Crippen LogP contribution in [0.4, 0.5) is 0 Å². The number of carbonyl (C=O) groups excluding carboxylic acids is 1. The first kappa shape index (κ1) is 15.8. The van der Waals surface area contributed by atoms with Crippen molar-refractivity contribution in [2.45, 2.75) is 31.2 Å². The molecule has 0 saturated heterocycles. The molecule has 1 aromatic heterocycles. The van der Waals surface area contributed by atoms with Gasteiger partial charge in [0.1, 0.15) is 5.01 Å². The molecule has 0 saturated carbocycles. The molecule has 0 bridgehead atoms. The van der Waals surface area contributed by atoms with E-state index < -0.39 is 10.0 Å². The molecule has 0 aliphatic heterocycles. The number of aromatic nitrogens is 1. The van der Waals surface area contributed by atoms with E-state index in [4.69, 9.17) is 0 Å². The minimum atomic E-state index is -3.69. The molecule has 0 fully saturated rings. The monoisotopic (exact) mass is 324 g/mol. The summed E-state index contributed by atoms with van der Waals surface area (Å²) >= 11 is 1.41. The number of sulfonamides is 1. The van der Waals surface area contributed by atoms with Gasteiger partial charge in [-0.15, -0.1) is 11.3 Å². The van der Waals surface area contributed by atoms with Crippen LogP contribution in [0.25, 0.3) is 0 Å². The summed E-state index contributed by atoms with van der Waals surface area (Å²) in [6.45, 7) is 3.30. The Morgan fingerprint density at radius 2 is 2.19 bits per heavy atom. The molecule has 21 heavy (non-hydrogen) atoms. The van der Waals surface area contributed by atoms with Gasteiger partial charge in [-0.25, -0.2) is 18.1 Å². The quantitative estimate of drug-likeness (QED) is 0.829. The molecule has 0 aliphatic rings. The van der Waals surface area contributed by atoms with E-state index in [1.807, 2.05) is 12.3 Å². The van der Waals surface area contributed by atoms with Gasteiger partial charge >= 0.3 is 0 Å². The average Bonchev–Trinajstić information content (AvgIpc) is 2.99. The minimum absolute atomic E-state index is 0.0882. The number of rotatable bonds is 6. The van der Waals surface area contributed by atoms with Crippen LogP contribution in [0.3, 0.4) is 0 Å². The maximum atomic E-state index is 12.4. The fourth-order valence-electron chi connectivity index (χ4n) is 1.85. The number of ketones is 1. The topological polar surface area (TPSA) is 76.1 Å². The van der Waals surface area contributed by atoms with Gasteiger partial charge in [-0.3, -0.25) is 4.79 Å². The predicted octanol–water partition coefficient (Wildman–Crippen LogP) is 2.78. The van der Waals surface area contributed by atoms with Crippen LogP contribution in [-0.2, 0) is 10.0 Å². The van der Waals surface area contributed by atoms with E-state index in [-0.39, 0.29) is 16.7 Å². The van der Waals surface area contributed by atoms with Crippen molar-refractivity contribution >= 4 is 27.1 Å². The number of thiazole rings is 1. The van der Waals surface area contributed by atoms with Crippen LogP contribution in [0.5, 0.6) is 0 Å². The summed E-state index contributed by atoms with van der Waals surface area (Å²) < 4.78 is 27.5. The van der Waals surface area contributed by atoms with Gasteiger partial charge in [-0.05, 0) is 25.5 Å². The number of hydrogen-bond donors (Lipinski definition) is 1. The Morgan fingerprint density at radius 1 is 1.43 bits per heavy atom. The third-order valence-electron chi connectivity index (χ3n) is 3.01. The molecule has 2 rings (SSSR count). The Kier molecular flexibility index (Phi) is 4.87. The second kappa shape index (κ2) is 6.46. The summed E-state index contributed by atoms with van der Waals surface area (Å²) in [4.78, 5) is 15.6. The van der Waals surface area contributed by atoms with Crippen molar-refractivity contribution < 1.29 is 13.2 Å². The molecule has 0 aliphatic carbocycles. The molecule has 112 valence electrons. The van der Waals surface area contributed by atoms with Crippen LogP contribution < -0.4 is 4.72 Å². The molecule has 1 N–H and O–H groups in total. The van der Waals surface area contributed by atoms with Crippen LogP contribution in [0, 0.1) is 0 Å². The van der Waals surface area contributed by atoms with Gasteiger partial charge in [0.2, 0.25) is 10.0 Å². The van der Waals surface area contributed by atoms with E-state index in [9.17, 15) is 13.2 Å². The zero-order chi connectivity index (χ0) is 15.5. The summed E-state index contributed by atoms with van der Waals surface area (Å²) in [6.07, 6.45) is 2.24. The fourth-order valence-corrected chi connectivity index (χ4v) is 4.03. The van der Waals surface area contributed by atoms with Gasteiger partial charge in [-0.2, -0.15) is 0 Å². The third kappa shape index (κ3) is 3.75. The molecule has 5 nitrogen and oxygen atoms in total. The van der Waals surface area contributed by atoms with Crippen molar-refractivity contribution in [3.63, 3.8) is 0 Å². The first-order valence-corrected chi connectivity index (χ1v) is 8.83. The maximum absolute atomic E-state index is 12.4. The van der Waals surface area contributed by atoms with Gasteiger partial charge in [0.05, 0.1) is 10.9 Å². The predicted molar refractivity (Wildman–Crippen MR) is 81.9 cm³/mol. The molecule has 0 amide bonds. The Labute approximate surface area is 128 Å². The van der Waals surface area contributed by atoms with E-state index >= 15 is 0 Å². The number of carbonyl (C=O) groups is 1. The molecule has 7 heteroatoms. The first-order chi connectivity index (χ1) is 9.94. The van der Waals surface area contributed by atoms with Crippen LogP contribution in [0.15, 0.2) is 40.7 Å². The van der Waals surface area contributed by atoms with E-state index in [0.29, 0.717) is 12.0 Å². The molecular weight excluding hydrogens is 308 g/mol. The van der Waals surface area contributed by atoms with E-state index in [1.54, 1.807) is 18.3 Å². The van der Waals surface area contributed by atoms with Gasteiger partial charge < -0.3 is 0 Å². The van der Waals surface area contributed by atoms with Crippen molar-refractivity contribution in [2.24, 2.45) is 0 Å². The zero-order valence-corrected chi connectivity index (χ0v) is 13.4. The third-order valence-corrected chi connectivity index (χ3v) is 5.36. The lowest BCUT2D eigenvalue weighted by Gasteiger charge is -2.15. The van der Waals surface area contributed by atoms with Crippen molar-refractivity contribution in [1.29, 1.82) is 0 Å². The second-order valence-electron chi connectivity index (χ2n) is 4.54. The highest BCUT2D eigenvalue weighted by Crippen LogP contribution is 2.22. The summed E-state index contributed by atoms with van der Waals surface area (Å²) in [5.74, 6) is -0.168. The lowest BCUT2D eigenvalue weighted by Crippen LogP contribution is -2.28. The number of nitrogens with one attached hydrogen (secondary N) is 1. The Hall–Kier alpha value is -1.57. The van der Waals surface area contributed by atoms with Crippen LogP contribution in [0.2, 0.25) is 0 Å². The summed E-state index contributed by atoms with van der Waals surface area (Å²) in [7, 11) is -3.69. The Bertz CT molecular complexity index is 724. The van der Waals surface area contributed by atoms with Crippen molar-refractivity contribution in [3.8, 4) is 0 Å². The van der Waals surface area contributed by atoms with Crippen LogP contribution >= 0.6 is 11.3 Å². The molecule has 1 aromatic carbocycles. The highest BCUT2D eigenvalue weighted by atomic mass is 32.2. The van der Waals surface area contributed by atoms with Crippen molar-refractivity contribution in [3.05, 3.63) is 46.4 Å². The lowest BCUT2D eigenvalue weighted by atomic mass is 10.2. The van der Waals surface area contributed by atoms with Gasteiger partial charge in [0, 0.05) is 17.1 Å². The smallest absolute Gasteiger partial charge is 0.241 e. The zero-order valence-electron chi connectivity index (χ0n) is 11.7. The lowest BCUT2D eigenvalue weighted by molar-refractivity contribution is 0.101. The molecular formula is C14H16N2O3S2. The SMILES string of the molecule is CCC(NS(=O)(=O)c1cccc(C(C)=O)c1)c1nccs1. The van der Waals surface area contributed by atoms with E-state index in [1.165, 1.54) is 30.4 Å². The molecule has 1 atom stereocenters. The average molecular weight is 324 g/mol.